The highest BCUT2D eigenvalue weighted by atomic mass is 32.2. The first kappa shape index (κ1) is 35.4. The molecule has 0 radical (unpaired) electrons. The van der Waals surface area contributed by atoms with Gasteiger partial charge in [0.1, 0.15) is 12.6 Å². The number of benzene rings is 4. The second-order valence-corrected chi connectivity index (χ2v) is 14.4. The van der Waals surface area contributed by atoms with E-state index in [1.165, 1.54) is 4.31 Å². The molecule has 0 heterocycles. The van der Waals surface area contributed by atoms with E-state index >= 15 is 0 Å². The number of carbonyl (C=O) groups is 2. The summed E-state index contributed by atoms with van der Waals surface area (Å²) in [6.07, 6.45) is 0.999. The van der Waals surface area contributed by atoms with E-state index in [4.69, 9.17) is 0 Å². The summed E-state index contributed by atoms with van der Waals surface area (Å²) in [5.41, 5.74) is 5.10. The van der Waals surface area contributed by atoms with Gasteiger partial charge in [0.05, 0.1) is 10.6 Å². The van der Waals surface area contributed by atoms with Crippen LogP contribution in [-0.4, -0.2) is 43.8 Å². The molecule has 0 saturated carbocycles. The van der Waals surface area contributed by atoms with Crippen molar-refractivity contribution in [3.63, 3.8) is 0 Å². The van der Waals surface area contributed by atoms with Gasteiger partial charge >= 0.3 is 0 Å². The number of hydrogen-bond donors (Lipinski definition) is 1. The van der Waals surface area contributed by atoms with Crippen LogP contribution in [0.15, 0.2) is 108 Å². The van der Waals surface area contributed by atoms with Gasteiger partial charge in [-0.05, 0) is 79.6 Å². The third-order valence-electron chi connectivity index (χ3n) is 8.61. The van der Waals surface area contributed by atoms with Crippen molar-refractivity contribution in [1.29, 1.82) is 0 Å². The van der Waals surface area contributed by atoms with Gasteiger partial charge in [-0.15, -0.1) is 0 Å². The third-order valence-corrected chi connectivity index (χ3v) is 10.4. The predicted octanol–water partition coefficient (Wildman–Crippen LogP) is 7.18. The summed E-state index contributed by atoms with van der Waals surface area (Å²) in [5, 5.41) is 3.08. The molecule has 4 rings (SSSR count). The minimum Gasteiger partial charge on any atom is -0.352 e. The number of nitrogens with one attached hydrogen (secondary N) is 1. The molecule has 47 heavy (non-hydrogen) atoms. The van der Waals surface area contributed by atoms with Crippen molar-refractivity contribution in [1.82, 2.24) is 10.2 Å². The molecule has 0 bridgehead atoms. The quantitative estimate of drug-likeness (QED) is 0.156. The molecular weight excluding hydrogens is 607 g/mol. The lowest BCUT2D eigenvalue weighted by atomic mass is 10.0. The maximum Gasteiger partial charge on any atom is 0.264 e. The van der Waals surface area contributed by atoms with Crippen LogP contribution < -0.4 is 9.62 Å². The van der Waals surface area contributed by atoms with E-state index in [-0.39, 0.29) is 35.7 Å². The zero-order valence-corrected chi connectivity index (χ0v) is 29.1. The van der Waals surface area contributed by atoms with E-state index in [0.29, 0.717) is 5.69 Å². The topological polar surface area (TPSA) is 86.8 Å². The molecule has 248 valence electrons. The van der Waals surface area contributed by atoms with Gasteiger partial charge < -0.3 is 10.2 Å². The van der Waals surface area contributed by atoms with Crippen molar-refractivity contribution < 1.29 is 18.0 Å². The first-order chi connectivity index (χ1) is 22.4. The normalized spacial score (nSPS) is 12.7. The fraction of sp³-hybridized carbons (Fsp3) is 0.333. The van der Waals surface area contributed by atoms with Gasteiger partial charge in [0.15, 0.2) is 0 Å². The van der Waals surface area contributed by atoms with Crippen molar-refractivity contribution in [3.8, 4) is 0 Å². The molecule has 0 aliphatic rings. The van der Waals surface area contributed by atoms with E-state index in [9.17, 15) is 18.0 Å². The molecule has 0 fully saturated rings. The number of nitrogens with zero attached hydrogens (tertiary/aromatic N) is 2. The Hall–Kier alpha value is -4.43. The molecule has 4 aromatic rings. The monoisotopic (exact) mass is 653 g/mol. The Labute approximate surface area is 280 Å². The van der Waals surface area contributed by atoms with Gasteiger partial charge in [0, 0.05) is 19.0 Å². The fourth-order valence-electron chi connectivity index (χ4n) is 5.36. The zero-order valence-electron chi connectivity index (χ0n) is 28.3. The predicted molar refractivity (Wildman–Crippen MR) is 190 cm³/mol. The summed E-state index contributed by atoms with van der Waals surface area (Å²) in [5.74, 6) is -0.503. The van der Waals surface area contributed by atoms with Crippen LogP contribution in [0.3, 0.4) is 0 Å². The van der Waals surface area contributed by atoms with E-state index in [1.807, 2.05) is 94.4 Å². The highest BCUT2D eigenvalue weighted by molar-refractivity contribution is 7.92. The molecular formula is C39H47N3O4S. The molecule has 0 aromatic heterocycles. The second-order valence-electron chi connectivity index (χ2n) is 12.5. The first-order valence-corrected chi connectivity index (χ1v) is 17.7. The standard InChI is InChI=1S/C39H47N3O4S/c1-7-31(6)40-39(44)37(25-32-14-9-8-10-15-32)41(26-34-16-12-11-13-30(34)5)38(43)27-42(35-21-19-33(20-22-35)28(2)3)47(45,46)36-23-17-29(4)18-24-36/h8-24,28,31,37H,7,25-27H2,1-6H3,(H,40,44)/t31-,37-/m1/s1. The Morgan fingerprint density at radius 2 is 1.40 bits per heavy atom. The number of anilines is 1. The molecule has 0 saturated heterocycles. The molecule has 8 heteroatoms. The van der Waals surface area contributed by atoms with Crippen molar-refractivity contribution in [3.05, 3.63) is 131 Å². The maximum atomic E-state index is 14.7. The van der Waals surface area contributed by atoms with Crippen molar-refractivity contribution >= 4 is 27.5 Å². The Morgan fingerprint density at radius 3 is 2.00 bits per heavy atom. The third kappa shape index (κ3) is 9.10. The van der Waals surface area contributed by atoms with Gasteiger partial charge in [-0.2, -0.15) is 0 Å². The number of sulfonamides is 1. The Kier molecular flexibility index (Phi) is 12.0. The lowest BCUT2D eigenvalue weighted by Gasteiger charge is -2.34. The van der Waals surface area contributed by atoms with E-state index in [1.54, 1.807) is 41.3 Å². The smallest absolute Gasteiger partial charge is 0.264 e. The summed E-state index contributed by atoms with van der Waals surface area (Å²) < 4.78 is 29.7. The fourth-order valence-corrected chi connectivity index (χ4v) is 6.77. The number of hydrogen-bond acceptors (Lipinski definition) is 4. The highest BCUT2D eigenvalue weighted by Crippen LogP contribution is 2.27. The zero-order chi connectivity index (χ0) is 34.1. The van der Waals surface area contributed by atoms with E-state index in [0.717, 1.165) is 34.2 Å². The van der Waals surface area contributed by atoms with Crippen LogP contribution in [0.1, 0.15) is 67.9 Å². The lowest BCUT2D eigenvalue weighted by Crippen LogP contribution is -2.54. The number of carbonyl (C=O) groups excluding carboxylic acids is 2. The maximum absolute atomic E-state index is 14.7. The summed E-state index contributed by atoms with van der Waals surface area (Å²) in [7, 11) is -4.16. The van der Waals surface area contributed by atoms with Crippen molar-refractivity contribution in [2.45, 2.75) is 83.8 Å². The van der Waals surface area contributed by atoms with Gasteiger partial charge in [-0.3, -0.25) is 13.9 Å². The molecule has 0 aliphatic carbocycles. The number of rotatable bonds is 14. The SMILES string of the molecule is CC[C@@H](C)NC(=O)[C@@H](Cc1ccccc1)N(Cc1ccccc1C)C(=O)CN(c1ccc(C(C)C)cc1)S(=O)(=O)c1ccc(C)cc1. The molecule has 0 aliphatic heterocycles. The second kappa shape index (κ2) is 15.9. The van der Waals surface area contributed by atoms with Gasteiger partial charge in [-0.25, -0.2) is 8.42 Å². The van der Waals surface area contributed by atoms with E-state index < -0.39 is 28.5 Å². The average Bonchev–Trinajstić information content (AvgIpc) is 3.06. The first-order valence-electron chi connectivity index (χ1n) is 16.3. The molecule has 2 amide bonds. The lowest BCUT2D eigenvalue weighted by molar-refractivity contribution is -0.140. The molecule has 7 nitrogen and oxygen atoms in total. The minimum atomic E-state index is -4.16. The van der Waals surface area contributed by atoms with Crippen LogP contribution >= 0.6 is 0 Å². The minimum absolute atomic E-state index is 0.0876. The van der Waals surface area contributed by atoms with Crippen LogP contribution in [0.2, 0.25) is 0 Å². The van der Waals surface area contributed by atoms with Crippen LogP contribution in [0.4, 0.5) is 5.69 Å². The molecule has 4 aromatic carbocycles. The number of aryl methyl sites for hydroxylation is 2. The summed E-state index contributed by atoms with van der Waals surface area (Å²) in [4.78, 5) is 30.3. The van der Waals surface area contributed by atoms with Crippen molar-refractivity contribution in [2.75, 3.05) is 10.8 Å². The van der Waals surface area contributed by atoms with Gasteiger partial charge in [0.25, 0.3) is 10.0 Å². The molecule has 1 N–H and O–H groups in total. The summed E-state index contributed by atoms with van der Waals surface area (Å²) >= 11 is 0. The van der Waals surface area contributed by atoms with Gasteiger partial charge in [0.2, 0.25) is 11.8 Å². The molecule has 2 atom stereocenters. The Balaban J connectivity index is 1.82. The number of amides is 2. The van der Waals surface area contributed by atoms with Crippen LogP contribution in [0, 0.1) is 13.8 Å². The Bertz CT molecular complexity index is 1740. The summed E-state index contributed by atoms with van der Waals surface area (Å²) in [6, 6.07) is 30.2. The van der Waals surface area contributed by atoms with Crippen LogP contribution in [-0.2, 0) is 32.6 Å². The Morgan fingerprint density at radius 1 is 0.787 bits per heavy atom. The largest absolute Gasteiger partial charge is 0.352 e. The van der Waals surface area contributed by atoms with Crippen LogP contribution in [0.25, 0.3) is 0 Å². The molecule has 0 unspecified atom stereocenters. The average molecular weight is 654 g/mol. The van der Waals surface area contributed by atoms with E-state index in [2.05, 4.69) is 19.2 Å². The van der Waals surface area contributed by atoms with Crippen molar-refractivity contribution in [2.24, 2.45) is 0 Å². The summed E-state index contributed by atoms with van der Waals surface area (Å²) in [6.45, 7) is 11.6. The van der Waals surface area contributed by atoms with Gasteiger partial charge in [-0.1, -0.05) is 105 Å². The molecule has 0 spiro atoms. The highest BCUT2D eigenvalue weighted by Gasteiger charge is 2.35. The van der Waals surface area contributed by atoms with Crippen LogP contribution in [0.5, 0.6) is 0 Å².